The van der Waals surface area contributed by atoms with Crippen molar-refractivity contribution >= 4 is 11.9 Å². The third-order valence-corrected chi connectivity index (χ3v) is 2.44. The van der Waals surface area contributed by atoms with Crippen molar-refractivity contribution in [1.82, 2.24) is 4.90 Å². The van der Waals surface area contributed by atoms with E-state index in [1.807, 2.05) is 0 Å². The summed E-state index contributed by atoms with van der Waals surface area (Å²) in [7, 11) is 0. The standard InChI is InChI=1S/C10H13NO3/c1-6(2)14-10(13)8-4-3-7-5-9(12)11(7)8/h4,6-7H,3,5H2,1-2H3. The van der Waals surface area contributed by atoms with E-state index in [2.05, 4.69) is 0 Å². The molecule has 1 atom stereocenters. The van der Waals surface area contributed by atoms with Crippen LogP contribution >= 0.6 is 0 Å². The summed E-state index contributed by atoms with van der Waals surface area (Å²) in [6.07, 6.45) is 3.00. The SMILES string of the molecule is CC(C)OC(=O)C1=CCC2CC(=O)N12. The number of amides is 1. The molecule has 0 saturated carbocycles. The number of ether oxygens (including phenoxy) is 1. The summed E-state index contributed by atoms with van der Waals surface area (Å²) in [4.78, 5) is 24.2. The van der Waals surface area contributed by atoms with Crippen molar-refractivity contribution in [3.05, 3.63) is 11.8 Å². The Morgan fingerprint density at radius 1 is 1.64 bits per heavy atom. The van der Waals surface area contributed by atoms with E-state index in [9.17, 15) is 9.59 Å². The zero-order valence-corrected chi connectivity index (χ0v) is 8.32. The van der Waals surface area contributed by atoms with Gasteiger partial charge in [-0.05, 0) is 20.3 Å². The van der Waals surface area contributed by atoms with Crippen LogP contribution in [0, 0.1) is 0 Å². The minimum atomic E-state index is -0.379. The van der Waals surface area contributed by atoms with Crippen LogP contribution in [-0.2, 0) is 14.3 Å². The zero-order valence-electron chi connectivity index (χ0n) is 8.32. The molecule has 0 aromatic rings. The minimum absolute atomic E-state index is 0.0273. The minimum Gasteiger partial charge on any atom is -0.458 e. The van der Waals surface area contributed by atoms with Gasteiger partial charge in [0, 0.05) is 12.5 Å². The Bertz CT molecular complexity index is 319. The molecular weight excluding hydrogens is 182 g/mol. The highest BCUT2D eigenvalue weighted by molar-refractivity contribution is 5.98. The second-order valence-electron chi connectivity index (χ2n) is 3.90. The average molecular weight is 195 g/mol. The lowest BCUT2D eigenvalue weighted by Crippen LogP contribution is -2.50. The highest BCUT2D eigenvalue weighted by Gasteiger charge is 2.44. The summed E-state index contributed by atoms with van der Waals surface area (Å²) < 4.78 is 5.03. The summed E-state index contributed by atoms with van der Waals surface area (Å²) in [5.41, 5.74) is 0.431. The van der Waals surface area contributed by atoms with Crippen LogP contribution in [0.15, 0.2) is 11.8 Å². The van der Waals surface area contributed by atoms with Gasteiger partial charge in [-0.25, -0.2) is 4.79 Å². The first kappa shape index (κ1) is 9.24. The normalized spacial score (nSPS) is 24.5. The molecule has 0 aromatic carbocycles. The fourth-order valence-corrected chi connectivity index (χ4v) is 1.80. The van der Waals surface area contributed by atoms with Crippen molar-refractivity contribution in [2.75, 3.05) is 0 Å². The van der Waals surface area contributed by atoms with Crippen molar-refractivity contribution in [1.29, 1.82) is 0 Å². The molecule has 0 aliphatic carbocycles. The maximum absolute atomic E-state index is 11.5. The number of β-lactam (4-membered cyclic amide) rings is 1. The van der Waals surface area contributed by atoms with E-state index in [0.29, 0.717) is 12.1 Å². The topological polar surface area (TPSA) is 46.6 Å². The lowest BCUT2D eigenvalue weighted by molar-refractivity contribution is -0.152. The molecule has 0 radical (unpaired) electrons. The number of hydrogen-bond donors (Lipinski definition) is 0. The lowest BCUT2D eigenvalue weighted by atomic mass is 10.0. The summed E-state index contributed by atoms with van der Waals surface area (Å²) in [6, 6.07) is 0.220. The predicted octanol–water partition coefficient (Wildman–Crippen LogP) is 0.827. The van der Waals surface area contributed by atoms with Gasteiger partial charge in [0.15, 0.2) is 0 Å². The lowest BCUT2D eigenvalue weighted by Gasteiger charge is -2.35. The first-order valence-corrected chi connectivity index (χ1v) is 4.83. The second-order valence-corrected chi connectivity index (χ2v) is 3.90. The number of carbonyl (C=O) groups is 2. The van der Waals surface area contributed by atoms with Gasteiger partial charge in [-0.15, -0.1) is 0 Å². The predicted molar refractivity (Wildman–Crippen MR) is 49.2 cm³/mol. The van der Waals surface area contributed by atoms with Crippen molar-refractivity contribution in [2.24, 2.45) is 0 Å². The maximum Gasteiger partial charge on any atom is 0.354 e. The van der Waals surface area contributed by atoms with Crippen LogP contribution < -0.4 is 0 Å². The first-order chi connectivity index (χ1) is 6.59. The van der Waals surface area contributed by atoms with Crippen molar-refractivity contribution in [3.63, 3.8) is 0 Å². The van der Waals surface area contributed by atoms with Crippen LogP contribution in [0.2, 0.25) is 0 Å². The Balaban J connectivity index is 2.05. The van der Waals surface area contributed by atoms with E-state index in [1.165, 1.54) is 0 Å². The molecule has 76 valence electrons. The maximum atomic E-state index is 11.5. The summed E-state index contributed by atoms with van der Waals surface area (Å²) in [5.74, 6) is -0.352. The van der Waals surface area contributed by atoms with Gasteiger partial charge in [0.1, 0.15) is 5.70 Å². The van der Waals surface area contributed by atoms with E-state index in [-0.39, 0.29) is 24.0 Å². The van der Waals surface area contributed by atoms with Gasteiger partial charge in [-0.1, -0.05) is 6.08 Å². The molecular formula is C10H13NO3. The van der Waals surface area contributed by atoms with Crippen LogP contribution in [0.1, 0.15) is 26.7 Å². The molecule has 4 heteroatoms. The quantitative estimate of drug-likeness (QED) is 0.484. The molecule has 2 rings (SSSR count). The molecule has 1 amide bonds. The van der Waals surface area contributed by atoms with E-state index < -0.39 is 0 Å². The number of carbonyl (C=O) groups excluding carboxylic acids is 2. The van der Waals surface area contributed by atoms with E-state index in [0.717, 1.165) is 6.42 Å². The molecule has 0 bridgehead atoms. The number of rotatable bonds is 2. The first-order valence-electron chi connectivity index (χ1n) is 4.83. The Morgan fingerprint density at radius 3 is 2.93 bits per heavy atom. The highest BCUT2D eigenvalue weighted by atomic mass is 16.5. The molecule has 4 nitrogen and oxygen atoms in total. The molecule has 2 aliphatic heterocycles. The monoisotopic (exact) mass is 195 g/mol. The van der Waals surface area contributed by atoms with Gasteiger partial charge >= 0.3 is 5.97 Å². The molecule has 0 spiro atoms. The molecule has 2 aliphatic rings. The third-order valence-electron chi connectivity index (χ3n) is 2.44. The van der Waals surface area contributed by atoms with Crippen molar-refractivity contribution in [3.8, 4) is 0 Å². The van der Waals surface area contributed by atoms with Gasteiger partial charge in [0.25, 0.3) is 0 Å². The van der Waals surface area contributed by atoms with Crippen LogP contribution in [0.5, 0.6) is 0 Å². The van der Waals surface area contributed by atoms with Crippen molar-refractivity contribution < 1.29 is 14.3 Å². The Morgan fingerprint density at radius 2 is 2.36 bits per heavy atom. The van der Waals surface area contributed by atoms with Crippen LogP contribution in [0.25, 0.3) is 0 Å². The molecule has 0 aromatic heterocycles. The zero-order chi connectivity index (χ0) is 10.3. The van der Waals surface area contributed by atoms with Crippen LogP contribution in [-0.4, -0.2) is 28.9 Å². The number of nitrogens with zero attached hydrogens (tertiary/aromatic N) is 1. The van der Waals surface area contributed by atoms with E-state index >= 15 is 0 Å². The smallest absolute Gasteiger partial charge is 0.354 e. The number of esters is 1. The van der Waals surface area contributed by atoms with Crippen LogP contribution in [0.4, 0.5) is 0 Å². The summed E-state index contributed by atoms with van der Waals surface area (Å²) in [6.45, 7) is 3.59. The van der Waals surface area contributed by atoms with Gasteiger partial charge in [0.2, 0.25) is 5.91 Å². The summed E-state index contributed by atoms with van der Waals surface area (Å²) in [5, 5.41) is 0. The van der Waals surface area contributed by atoms with Gasteiger partial charge in [-0.3, -0.25) is 4.79 Å². The highest BCUT2D eigenvalue weighted by Crippen LogP contribution is 2.34. The fraction of sp³-hybridized carbons (Fsp3) is 0.600. The largest absolute Gasteiger partial charge is 0.458 e. The van der Waals surface area contributed by atoms with Gasteiger partial charge < -0.3 is 9.64 Å². The van der Waals surface area contributed by atoms with Gasteiger partial charge in [0.05, 0.1) is 6.10 Å². The molecule has 2 heterocycles. The second kappa shape index (κ2) is 3.12. The Kier molecular flexibility index (Phi) is 2.06. The number of fused-ring (bicyclic) bond motifs is 1. The molecule has 1 unspecified atom stereocenters. The Labute approximate surface area is 82.5 Å². The fourth-order valence-electron chi connectivity index (χ4n) is 1.80. The third kappa shape index (κ3) is 1.31. The Hall–Kier alpha value is -1.32. The van der Waals surface area contributed by atoms with Crippen molar-refractivity contribution in [2.45, 2.75) is 38.8 Å². The molecule has 0 N–H and O–H groups in total. The average Bonchev–Trinajstić information content (AvgIpc) is 2.40. The summed E-state index contributed by atoms with van der Waals surface area (Å²) >= 11 is 0. The molecule has 1 saturated heterocycles. The molecule has 14 heavy (non-hydrogen) atoms. The molecule has 1 fully saturated rings. The van der Waals surface area contributed by atoms with Crippen LogP contribution in [0.3, 0.4) is 0 Å². The van der Waals surface area contributed by atoms with E-state index in [1.54, 1.807) is 24.8 Å². The van der Waals surface area contributed by atoms with Gasteiger partial charge in [-0.2, -0.15) is 0 Å². The number of hydrogen-bond acceptors (Lipinski definition) is 3. The van der Waals surface area contributed by atoms with E-state index in [4.69, 9.17) is 4.74 Å².